The maximum Gasteiger partial charge on any atom is 0.254 e. The highest BCUT2D eigenvalue weighted by atomic mass is 32.1. The van der Waals surface area contributed by atoms with E-state index in [9.17, 15) is 9.59 Å². The molecule has 4 rings (SSSR count). The van der Waals surface area contributed by atoms with Gasteiger partial charge in [0.2, 0.25) is 5.91 Å². The Hall–Kier alpha value is -2.44. The number of benzene rings is 1. The summed E-state index contributed by atoms with van der Waals surface area (Å²) in [5.41, 5.74) is 1.08. The number of morpholine rings is 1. The van der Waals surface area contributed by atoms with Crippen LogP contribution in [0.25, 0.3) is 10.4 Å². The highest BCUT2D eigenvalue weighted by Crippen LogP contribution is 2.40. The fourth-order valence-electron chi connectivity index (χ4n) is 4.08. The van der Waals surface area contributed by atoms with E-state index in [0.29, 0.717) is 32.0 Å². The average Bonchev–Trinajstić information content (AvgIpc) is 3.25. The van der Waals surface area contributed by atoms with Crippen LogP contribution in [0.1, 0.15) is 18.9 Å². The molecule has 1 saturated heterocycles. The molecule has 3 atom stereocenters. The van der Waals surface area contributed by atoms with E-state index in [2.05, 4.69) is 42.4 Å². The second-order valence-electron chi connectivity index (χ2n) is 8.27. The summed E-state index contributed by atoms with van der Waals surface area (Å²) in [6.45, 7) is 7.33. The van der Waals surface area contributed by atoms with Crippen molar-refractivity contribution in [3.63, 3.8) is 0 Å². The Morgan fingerprint density at radius 2 is 2.10 bits per heavy atom. The molecule has 1 N–H and O–H groups in total. The monoisotopic (exact) mass is 424 g/mol. The normalized spacial score (nSPS) is 25.6. The predicted molar refractivity (Wildman–Crippen MR) is 119 cm³/mol. The van der Waals surface area contributed by atoms with Crippen molar-refractivity contribution in [1.82, 2.24) is 10.2 Å². The topological polar surface area (TPSA) is 58.6 Å². The molecule has 0 spiro atoms. The lowest BCUT2D eigenvalue weighted by molar-refractivity contribution is -0.166. The van der Waals surface area contributed by atoms with Crippen molar-refractivity contribution in [2.75, 3.05) is 26.2 Å². The number of ether oxygens (including phenoxy) is 1. The molecule has 2 aliphatic rings. The van der Waals surface area contributed by atoms with Gasteiger partial charge in [0, 0.05) is 30.3 Å². The van der Waals surface area contributed by atoms with Crippen molar-refractivity contribution in [3.8, 4) is 10.4 Å². The van der Waals surface area contributed by atoms with Crippen molar-refractivity contribution in [2.24, 2.45) is 11.8 Å². The van der Waals surface area contributed by atoms with Crippen LogP contribution in [0.5, 0.6) is 0 Å². The first-order valence-electron chi connectivity index (χ1n) is 10.5. The molecule has 0 unspecified atom stereocenters. The number of thiophene rings is 1. The van der Waals surface area contributed by atoms with Gasteiger partial charge in [-0.2, -0.15) is 0 Å². The molecule has 1 aliphatic heterocycles. The minimum atomic E-state index is -1.08. The number of carbonyl (C=O) groups excluding carboxylic acids is 2. The van der Waals surface area contributed by atoms with Crippen molar-refractivity contribution >= 4 is 23.2 Å². The molecule has 6 heteroatoms. The molecular weight excluding hydrogens is 396 g/mol. The Morgan fingerprint density at radius 3 is 2.73 bits per heavy atom. The highest BCUT2D eigenvalue weighted by molar-refractivity contribution is 7.13. The number of rotatable bonds is 7. The first kappa shape index (κ1) is 20.8. The van der Waals surface area contributed by atoms with Crippen LogP contribution in [0, 0.1) is 11.8 Å². The zero-order chi connectivity index (χ0) is 21.1. The molecule has 2 fully saturated rings. The number of hydrogen-bond donors (Lipinski definition) is 1. The Morgan fingerprint density at radius 1 is 1.33 bits per heavy atom. The van der Waals surface area contributed by atoms with E-state index in [1.54, 1.807) is 17.4 Å². The highest BCUT2D eigenvalue weighted by Gasteiger charge is 2.48. The molecule has 2 amide bonds. The van der Waals surface area contributed by atoms with E-state index < -0.39 is 5.60 Å². The van der Waals surface area contributed by atoms with Gasteiger partial charge in [-0.15, -0.1) is 17.9 Å². The van der Waals surface area contributed by atoms with E-state index in [4.69, 9.17) is 4.74 Å². The van der Waals surface area contributed by atoms with Gasteiger partial charge in [0.25, 0.3) is 5.91 Å². The van der Waals surface area contributed by atoms with Crippen molar-refractivity contribution in [1.29, 1.82) is 0 Å². The zero-order valence-electron chi connectivity index (χ0n) is 17.3. The lowest BCUT2D eigenvalue weighted by Gasteiger charge is -2.42. The van der Waals surface area contributed by atoms with E-state index in [-0.39, 0.29) is 24.3 Å². The molecule has 2 heterocycles. The van der Waals surface area contributed by atoms with Crippen LogP contribution >= 0.6 is 11.3 Å². The lowest BCUT2D eigenvalue weighted by atomic mass is 9.90. The summed E-state index contributed by atoms with van der Waals surface area (Å²) in [7, 11) is 0. The smallest absolute Gasteiger partial charge is 0.254 e. The van der Waals surface area contributed by atoms with Gasteiger partial charge in [-0.25, -0.2) is 0 Å². The zero-order valence-corrected chi connectivity index (χ0v) is 18.1. The van der Waals surface area contributed by atoms with Gasteiger partial charge in [0.15, 0.2) is 5.60 Å². The van der Waals surface area contributed by atoms with Crippen LogP contribution in [0.2, 0.25) is 0 Å². The Labute approximate surface area is 181 Å². The molecule has 0 radical (unpaired) electrons. The third-order valence-corrected chi connectivity index (χ3v) is 6.91. The standard InChI is InChI=1S/C24H28N2O3S/c1-3-10-25-23(28)24(16-26(11-12-29-24)22(27)20-14-17(20)2)15-18-6-8-19(9-7-18)21-5-4-13-30-21/h3-9,13,17,20H,1,10-12,14-16H2,2H3,(H,25,28)/t17-,20-,24+/m1/s1. The van der Waals surface area contributed by atoms with Gasteiger partial charge < -0.3 is 15.0 Å². The summed E-state index contributed by atoms with van der Waals surface area (Å²) >= 11 is 1.70. The van der Waals surface area contributed by atoms with Gasteiger partial charge in [0.1, 0.15) is 0 Å². The summed E-state index contributed by atoms with van der Waals surface area (Å²) in [5.74, 6) is 0.502. The summed E-state index contributed by atoms with van der Waals surface area (Å²) < 4.78 is 6.10. The molecule has 1 aromatic heterocycles. The van der Waals surface area contributed by atoms with E-state index in [1.165, 1.54) is 4.88 Å². The summed E-state index contributed by atoms with van der Waals surface area (Å²) in [4.78, 5) is 29.0. The first-order chi connectivity index (χ1) is 14.5. The van der Waals surface area contributed by atoms with Crippen LogP contribution in [-0.4, -0.2) is 48.6 Å². The SMILES string of the molecule is C=CCNC(=O)[C@]1(Cc2ccc(-c3cccs3)cc2)CN(C(=O)[C@@H]2C[C@H]2C)CCO1. The van der Waals surface area contributed by atoms with Gasteiger partial charge in [-0.05, 0) is 34.9 Å². The number of nitrogens with one attached hydrogen (secondary N) is 1. The molecule has 30 heavy (non-hydrogen) atoms. The fraction of sp³-hybridized carbons (Fsp3) is 0.417. The molecule has 5 nitrogen and oxygen atoms in total. The van der Waals surface area contributed by atoms with Gasteiger partial charge in [-0.1, -0.05) is 43.3 Å². The molecule has 0 bridgehead atoms. The summed E-state index contributed by atoms with van der Waals surface area (Å²) in [5, 5.41) is 4.95. The third kappa shape index (κ3) is 4.35. The Bertz CT molecular complexity index is 909. The quantitative estimate of drug-likeness (QED) is 0.692. The van der Waals surface area contributed by atoms with Crippen molar-refractivity contribution in [2.45, 2.75) is 25.4 Å². The molecule has 158 valence electrons. The number of amides is 2. The lowest BCUT2D eigenvalue weighted by Crippen LogP contribution is -2.62. The average molecular weight is 425 g/mol. The van der Waals surface area contributed by atoms with Crippen molar-refractivity contribution in [3.05, 3.63) is 60.0 Å². The van der Waals surface area contributed by atoms with Crippen LogP contribution in [0.4, 0.5) is 0 Å². The Kier molecular flexibility index (Phi) is 6.06. The predicted octanol–water partition coefficient (Wildman–Crippen LogP) is 3.51. The van der Waals surface area contributed by atoms with Crippen LogP contribution in [-0.2, 0) is 20.7 Å². The second kappa shape index (κ2) is 8.74. The Balaban J connectivity index is 1.55. The number of carbonyl (C=O) groups is 2. The second-order valence-corrected chi connectivity index (χ2v) is 9.22. The van der Waals surface area contributed by atoms with Gasteiger partial charge >= 0.3 is 0 Å². The molecule has 1 saturated carbocycles. The largest absolute Gasteiger partial charge is 0.361 e. The maximum atomic E-state index is 13.1. The number of nitrogens with zero attached hydrogens (tertiary/aromatic N) is 1. The summed E-state index contributed by atoms with van der Waals surface area (Å²) in [6.07, 6.45) is 3.01. The third-order valence-electron chi connectivity index (χ3n) is 5.99. The molecule has 1 aromatic carbocycles. The summed E-state index contributed by atoms with van der Waals surface area (Å²) in [6, 6.07) is 12.4. The fourth-order valence-corrected chi connectivity index (χ4v) is 4.82. The molecular formula is C24H28N2O3S. The maximum absolute atomic E-state index is 13.1. The first-order valence-corrected chi connectivity index (χ1v) is 11.3. The van der Waals surface area contributed by atoms with E-state index in [1.807, 2.05) is 23.1 Å². The van der Waals surface area contributed by atoms with E-state index >= 15 is 0 Å². The van der Waals surface area contributed by atoms with Gasteiger partial charge in [-0.3, -0.25) is 9.59 Å². The molecule has 1 aliphatic carbocycles. The van der Waals surface area contributed by atoms with Crippen molar-refractivity contribution < 1.29 is 14.3 Å². The minimum Gasteiger partial charge on any atom is -0.361 e. The number of hydrogen-bond acceptors (Lipinski definition) is 4. The molecule has 2 aromatic rings. The van der Waals surface area contributed by atoms with Gasteiger partial charge in [0.05, 0.1) is 13.2 Å². The van der Waals surface area contributed by atoms with Crippen LogP contribution in [0.15, 0.2) is 54.4 Å². The minimum absolute atomic E-state index is 0.0992. The van der Waals surface area contributed by atoms with E-state index in [0.717, 1.165) is 17.5 Å². The van der Waals surface area contributed by atoms with Crippen LogP contribution < -0.4 is 5.32 Å². The van der Waals surface area contributed by atoms with Crippen LogP contribution in [0.3, 0.4) is 0 Å².